The second-order valence-electron chi connectivity index (χ2n) is 5.16. The molecule has 0 saturated heterocycles. The van der Waals surface area contributed by atoms with E-state index in [9.17, 15) is 0 Å². The first-order valence-electron chi connectivity index (χ1n) is 7.86. The summed E-state index contributed by atoms with van der Waals surface area (Å²) >= 11 is 0. The van der Waals surface area contributed by atoms with E-state index in [1.807, 2.05) is 43.3 Å². The maximum atomic E-state index is 8.98. The van der Waals surface area contributed by atoms with Gasteiger partial charge in [-0.05, 0) is 37.3 Å². The Kier molecular flexibility index (Phi) is 5.07. The summed E-state index contributed by atoms with van der Waals surface area (Å²) in [5.74, 6) is 2.03. The van der Waals surface area contributed by atoms with Gasteiger partial charge in [-0.2, -0.15) is 5.26 Å². The van der Waals surface area contributed by atoms with Gasteiger partial charge in [0.15, 0.2) is 0 Å². The predicted molar refractivity (Wildman–Crippen MR) is 97.4 cm³/mol. The van der Waals surface area contributed by atoms with Crippen LogP contribution in [-0.2, 0) is 0 Å². The van der Waals surface area contributed by atoms with Crippen LogP contribution in [0.1, 0.15) is 12.5 Å². The molecule has 3 rings (SSSR count). The normalized spacial score (nSPS) is 9.92. The van der Waals surface area contributed by atoms with Gasteiger partial charge in [0.25, 0.3) is 0 Å². The maximum absolute atomic E-state index is 8.98. The molecule has 2 aromatic carbocycles. The van der Waals surface area contributed by atoms with Crippen molar-refractivity contribution in [3.05, 3.63) is 66.5 Å². The van der Waals surface area contributed by atoms with E-state index in [4.69, 9.17) is 10.00 Å². The molecule has 1 aromatic heterocycles. The van der Waals surface area contributed by atoms with Crippen molar-refractivity contribution in [2.75, 3.05) is 17.2 Å². The molecular formula is C19H17N5O. The number of hydrogen-bond acceptors (Lipinski definition) is 6. The van der Waals surface area contributed by atoms with Crippen molar-refractivity contribution in [2.45, 2.75) is 6.92 Å². The van der Waals surface area contributed by atoms with Gasteiger partial charge in [-0.15, -0.1) is 0 Å². The zero-order chi connectivity index (χ0) is 17.5. The third-order valence-electron chi connectivity index (χ3n) is 3.38. The minimum absolute atomic E-state index is 0.586. The van der Waals surface area contributed by atoms with Gasteiger partial charge in [0.05, 0.1) is 23.9 Å². The lowest BCUT2D eigenvalue weighted by Gasteiger charge is -2.12. The zero-order valence-corrected chi connectivity index (χ0v) is 13.7. The summed E-state index contributed by atoms with van der Waals surface area (Å²) in [4.78, 5) is 8.46. The number of nitrogens with zero attached hydrogens (tertiary/aromatic N) is 3. The number of nitrogens with one attached hydrogen (secondary N) is 2. The standard InChI is InChI=1S/C19H17N5O/c1-2-25-17-9-4-3-8-16(17)24-19-11-18(21-13-22-19)23-15-7-5-6-14(10-15)12-20/h3-11,13H,2H2,1H3,(H2,21,22,23,24). The first kappa shape index (κ1) is 16.3. The number of anilines is 4. The minimum atomic E-state index is 0.586. The lowest BCUT2D eigenvalue weighted by molar-refractivity contribution is 0.342. The van der Waals surface area contributed by atoms with Crippen molar-refractivity contribution < 1.29 is 4.74 Å². The van der Waals surface area contributed by atoms with Crippen LogP contribution < -0.4 is 15.4 Å². The fourth-order valence-corrected chi connectivity index (χ4v) is 2.30. The molecular weight excluding hydrogens is 314 g/mol. The molecule has 2 N–H and O–H groups in total. The zero-order valence-electron chi connectivity index (χ0n) is 13.7. The lowest BCUT2D eigenvalue weighted by Crippen LogP contribution is -2.01. The third-order valence-corrected chi connectivity index (χ3v) is 3.38. The molecule has 0 bridgehead atoms. The highest BCUT2D eigenvalue weighted by molar-refractivity contribution is 5.67. The van der Waals surface area contributed by atoms with E-state index in [1.165, 1.54) is 6.33 Å². The van der Waals surface area contributed by atoms with Crippen molar-refractivity contribution >= 4 is 23.0 Å². The number of hydrogen-bond donors (Lipinski definition) is 2. The van der Waals surface area contributed by atoms with Crippen molar-refractivity contribution in [3.8, 4) is 11.8 Å². The van der Waals surface area contributed by atoms with E-state index in [1.54, 1.807) is 18.2 Å². The molecule has 3 aromatic rings. The molecule has 124 valence electrons. The number of aromatic nitrogens is 2. The van der Waals surface area contributed by atoms with Gasteiger partial charge >= 0.3 is 0 Å². The lowest BCUT2D eigenvalue weighted by atomic mass is 10.2. The second-order valence-corrected chi connectivity index (χ2v) is 5.16. The average Bonchev–Trinajstić information content (AvgIpc) is 2.64. The van der Waals surface area contributed by atoms with Gasteiger partial charge in [-0.3, -0.25) is 0 Å². The summed E-state index contributed by atoms with van der Waals surface area (Å²) in [6, 6.07) is 18.8. The van der Waals surface area contributed by atoms with E-state index in [2.05, 4.69) is 26.7 Å². The van der Waals surface area contributed by atoms with E-state index >= 15 is 0 Å². The quantitative estimate of drug-likeness (QED) is 0.703. The molecule has 0 radical (unpaired) electrons. The predicted octanol–water partition coefficient (Wildman–Crippen LogP) is 4.23. The van der Waals surface area contributed by atoms with Crippen LogP contribution in [0.4, 0.5) is 23.0 Å². The van der Waals surface area contributed by atoms with Crippen LogP contribution in [0, 0.1) is 11.3 Å². The minimum Gasteiger partial charge on any atom is -0.492 e. The van der Waals surface area contributed by atoms with Crippen LogP contribution in [0.15, 0.2) is 60.9 Å². The van der Waals surface area contributed by atoms with E-state index in [0.717, 1.165) is 17.1 Å². The molecule has 0 aliphatic rings. The highest BCUT2D eigenvalue weighted by Gasteiger charge is 2.05. The molecule has 0 aliphatic carbocycles. The molecule has 25 heavy (non-hydrogen) atoms. The number of rotatable bonds is 6. The van der Waals surface area contributed by atoms with E-state index in [-0.39, 0.29) is 0 Å². The number of ether oxygens (including phenoxy) is 1. The summed E-state index contributed by atoms with van der Waals surface area (Å²) < 4.78 is 5.61. The average molecular weight is 331 g/mol. The van der Waals surface area contributed by atoms with E-state index < -0.39 is 0 Å². The van der Waals surface area contributed by atoms with Crippen molar-refractivity contribution in [2.24, 2.45) is 0 Å². The summed E-state index contributed by atoms with van der Waals surface area (Å²) in [5, 5.41) is 15.4. The first-order chi connectivity index (χ1) is 12.3. The maximum Gasteiger partial charge on any atom is 0.142 e. The van der Waals surface area contributed by atoms with Crippen LogP contribution in [0.5, 0.6) is 5.75 Å². The van der Waals surface area contributed by atoms with E-state index in [0.29, 0.717) is 23.8 Å². The summed E-state index contributed by atoms with van der Waals surface area (Å²) in [6.07, 6.45) is 1.47. The van der Waals surface area contributed by atoms with Gasteiger partial charge in [-0.25, -0.2) is 9.97 Å². The number of para-hydroxylation sites is 2. The molecule has 0 aliphatic heterocycles. The molecule has 0 amide bonds. The molecule has 6 heteroatoms. The molecule has 0 unspecified atom stereocenters. The molecule has 0 saturated carbocycles. The highest BCUT2D eigenvalue weighted by Crippen LogP contribution is 2.27. The third kappa shape index (κ3) is 4.24. The van der Waals surface area contributed by atoms with Gasteiger partial charge in [0.1, 0.15) is 23.7 Å². The van der Waals surface area contributed by atoms with Gasteiger partial charge in [-0.1, -0.05) is 18.2 Å². The second kappa shape index (κ2) is 7.79. The fourth-order valence-electron chi connectivity index (χ4n) is 2.30. The largest absolute Gasteiger partial charge is 0.492 e. The summed E-state index contributed by atoms with van der Waals surface area (Å²) in [7, 11) is 0. The smallest absolute Gasteiger partial charge is 0.142 e. The van der Waals surface area contributed by atoms with Gasteiger partial charge in [0, 0.05) is 11.8 Å². The van der Waals surface area contributed by atoms with Crippen LogP contribution in [0.3, 0.4) is 0 Å². The first-order valence-corrected chi connectivity index (χ1v) is 7.86. The molecule has 0 fully saturated rings. The molecule has 1 heterocycles. The Hall–Kier alpha value is -3.59. The Morgan fingerprint density at radius 2 is 1.80 bits per heavy atom. The van der Waals surface area contributed by atoms with Gasteiger partial charge < -0.3 is 15.4 Å². The Bertz CT molecular complexity index is 904. The van der Waals surface area contributed by atoms with Crippen molar-refractivity contribution in [1.29, 1.82) is 5.26 Å². The monoisotopic (exact) mass is 331 g/mol. The van der Waals surface area contributed by atoms with Crippen molar-refractivity contribution in [3.63, 3.8) is 0 Å². The molecule has 6 nitrogen and oxygen atoms in total. The summed E-state index contributed by atoms with van der Waals surface area (Å²) in [6.45, 7) is 2.53. The Balaban J connectivity index is 1.79. The van der Waals surface area contributed by atoms with Crippen LogP contribution in [0.2, 0.25) is 0 Å². The molecule has 0 spiro atoms. The van der Waals surface area contributed by atoms with Crippen LogP contribution in [-0.4, -0.2) is 16.6 Å². The SMILES string of the molecule is CCOc1ccccc1Nc1cc(Nc2cccc(C#N)c2)ncn1. The van der Waals surface area contributed by atoms with Crippen LogP contribution in [0.25, 0.3) is 0 Å². The number of nitriles is 1. The molecule has 0 atom stereocenters. The number of benzene rings is 2. The fraction of sp³-hybridized carbons (Fsp3) is 0.105. The van der Waals surface area contributed by atoms with Crippen LogP contribution >= 0.6 is 0 Å². The Labute approximate surface area is 146 Å². The Morgan fingerprint density at radius 1 is 1.00 bits per heavy atom. The van der Waals surface area contributed by atoms with Gasteiger partial charge in [0.2, 0.25) is 0 Å². The summed E-state index contributed by atoms with van der Waals surface area (Å²) in [5.41, 5.74) is 2.21. The topological polar surface area (TPSA) is 82.9 Å². The van der Waals surface area contributed by atoms with Crippen molar-refractivity contribution in [1.82, 2.24) is 9.97 Å². The highest BCUT2D eigenvalue weighted by atomic mass is 16.5. The Morgan fingerprint density at radius 3 is 2.60 bits per heavy atom.